The first-order chi connectivity index (χ1) is 9.65. The van der Waals surface area contributed by atoms with Crippen LogP contribution in [-0.2, 0) is 0 Å². The van der Waals surface area contributed by atoms with E-state index in [9.17, 15) is 4.79 Å². The van der Waals surface area contributed by atoms with E-state index in [4.69, 9.17) is 0 Å². The quantitative estimate of drug-likeness (QED) is 0.757. The summed E-state index contributed by atoms with van der Waals surface area (Å²) in [6, 6.07) is 7.03. The highest BCUT2D eigenvalue weighted by molar-refractivity contribution is 5.75. The normalized spacial score (nSPS) is 18.3. The van der Waals surface area contributed by atoms with Gasteiger partial charge in [0.25, 0.3) is 0 Å². The fourth-order valence-corrected chi connectivity index (χ4v) is 2.88. The largest absolute Gasteiger partial charge is 0.323 e. The number of benzene rings is 1. The van der Waals surface area contributed by atoms with Crippen molar-refractivity contribution in [3.05, 3.63) is 34.2 Å². The molecule has 2 atom stereocenters. The van der Waals surface area contributed by atoms with Crippen LogP contribution in [0.5, 0.6) is 0 Å². The van der Waals surface area contributed by atoms with Crippen molar-refractivity contribution < 1.29 is 0 Å². The second kappa shape index (κ2) is 5.44. The molecule has 0 radical (unpaired) electrons. The van der Waals surface area contributed by atoms with Crippen molar-refractivity contribution in [2.24, 2.45) is 5.92 Å². The lowest BCUT2D eigenvalue weighted by molar-refractivity contribution is 0.404. The highest BCUT2D eigenvalue weighted by atomic mass is 16.1. The minimum Gasteiger partial charge on any atom is -0.307 e. The van der Waals surface area contributed by atoms with Gasteiger partial charge in [-0.25, -0.2) is 4.79 Å². The molecule has 1 heterocycles. The van der Waals surface area contributed by atoms with Gasteiger partial charge < -0.3 is 15.3 Å². The van der Waals surface area contributed by atoms with Crippen LogP contribution in [-0.4, -0.2) is 16.0 Å². The Labute approximate surface area is 119 Å². The molecule has 0 aliphatic heterocycles. The molecular formula is C16H23N3O. The first kappa shape index (κ1) is 13.4. The predicted molar refractivity (Wildman–Crippen MR) is 81.9 cm³/mol. The molecule has 1 fully saturated rings. The van der Waals surface area contributed by atoms with Crippen LogP contribution in [0.4, 0.5) is 0 Å². The first-order valence-electron chi connectivity index (χ1n) is 7.63. The number of imidazole rings is 1. The van der Waals surface area contributed by atoms with Gasteiger partial charge in [-0.15, -0.1) is 0 Å². The van der Waals surface area contributed by atoms with Gasteiger partial charge in [0.1, 0.15) is 0 Å². The van der Waals surface area contributed by atoms with Crippen LogP contribution < -0.4 is 11.0 Å². The minimum absolute atomic E-state index is 0.141. The second-order valence-electron chi connectivity index (χ2n) is 6.06. The van der Waals surface area contributed by atoms with Crippen LogP contribution in [0.2, 0.25) is 0 Å². The zero-order chi connectivity index (χ0) is 14.1. The van der Waals surface area contributed by atoms with Crippen molar-refractivity contribution in [1.82, 2.24) is 15.3 Å². The third kappa shape index (κ3) is 2.96. The fourth-order valence-electron chi connectivity index (χ4n) is 2.88. The molecule has 20 heavy (non-hydrogen) atoms. The molecule has 4 nitrogen and oxygen atoms in total. The SMILES string of the molecule is CCC(CC1CC1)NC(C)c1ccc2[nH]c(=O)[nH]c2c1. The fraction of sp³-hybridized carbons (Fsp3) is 0.562. The average molecular weight is 273 g/mol. The lowest BCUT2D eigenvalue weighted by Gasteiger charge is -2.22. The van der Waals surface area contributed by atoms with E-state index in [1.165, 1.54) is 31.2 Å². The van der Waals surface area contributed by atoms with Crippen LogP contribution in [0.1, 0.15) is 51.1 Å². The molecule has 1 aliphatic carbocycles. The number of aromatic nitrogens is 2. The Morgan fingerprint density at radius 2 is 2.05 bits per heavy atom. The highest BCUT2D eigenvalue weighted by Gasteiger charge is 2.25. The maximum atomic E-state index is 11.3. The van der Waals surface area contributed by atoms with E-state index in [0.717, 1.165) is 17.0 Å². The van der Waals surface area contributed by atoms with E-state index in [1.54, 1.807) is 0 Å². The maximum absolute atomic E-state index is 11.3. The Morgan fingerprint density at radius 1 is 1.30 bits per heavy atom. The van der Waals surface area contributed by atoms with Crippen LogP contribution in [0.3, 0.4) is 0 Å². The lowest BCUT2D eigenvalue weighted by atomic mass is 10.0. The number of H-pyrrole nitrogens is 2. The molecule has 0 saturated heterocycles. The Hall–Kier alpha value is -1.55. The van der Waals surface area contributed by atoms with E-state index in [2.05, 4.69) is 41.3 Å². The number of nitrogens with one attached hydrogen (secondary N) is 3. The molecule has 4 heteroatoms. The van der Waals surface area contributed by atoms with Crippen molar-refractivity contribution in [1.29, 1.82) is 0 Å². The van der Waals surface area contributed by atoms with Crippen LogP contribution >= 0.6 is 0 Å². The molecule has 0 bridgehead atoms. The number of aromatic amines is 2. The topological polar surface area (TPSA) is 60.7 Å². The van der Waals surface area contributed by atoms with E-state index in [0.29, 0.717) is 12.1 Å². The van der Waals surface area contributed by atoms with Crippen molar-refractivity contribution in [3.63, 3.8) is 0 Å². The summed E-state index contributed by atoms with van der Waals surface area (Å²) in [5, 5.41) is 3.72. The van der Waals surface area contributed by atoms with Crippen LogP contribution in [0.15, 0.2) is 23.0 Å². The first-order valence-corrected chi connectivity index (χ1v) is 7.63. The Balaban J connectivity index is 1.72. The molecule has 1 aromatic heterocycles. The molecule has 1 aromatic carbocycles. The van der Waals surface area contributed by atoms with Gasteiger partial charge >= 0.3 is 5.69 Å². The minimum atomic E-state index is -0.141. The number of hydrogen-bond donors (Lipinski definition) is 3. The average Bonchev–Trinajstić information content (AvgIpc) is 3.16. The molecule has 3 N–H and O–H groups in total. The van der Waals surface area contributed by atoms with Gasteiger partial charge in [0, 0.05) is 12.1 Å². The van der Waals surface area contributed by atoms with Gasteiger partial charge in [-0.2, -0.15) is 0 Å². The molecule has 1 aliphatic rings. The van der Waals surface area contributed by atoms with E-state index in [-0.39, 0.29) is 5.69 Å². The van der Waals surface area contributed by atoms with Crippen molar-refractivity contribution >= 4 is 11.0 Å². The molecule has 3 rings (SSSR count). The van der Waals surface area contributed by atoms with Crippen molar-refractivity contribution in [2.75, 3.05) is 0 Å². The maximum Gasteiger partial charge on any atom is 0.323 e. The second-order valence-corrected chi connectivity index (χ2v) is 6.06. The van der Waals surface area contributed by atoms with Gasteiger partial charge in [-0.1, -0.05) is 25.8 Å². The summed E-state index contributed by atoms with van der Waals surface area (Å²) in [5.41, 5.74) is 2.84. The standard InChI is InChI=1S/C16H23N3O/c1-3-13(8-11-4-5-11)17-10(2)12-6-7-14-15(9-12)19-16(20)18-14/h6-7,9-11,13,17H,3-5,8H2,1-2H3,(H2,18,19,20). The van der Waals surface area contributed by atoms with Gasteiger partial charge in [-0.3, -0.25) is 0 Å². The summed E-state index contributed by atoms with van der Waals surface area (Å²) < 4.78 is 0. The Morgan fingerprint density at radius 3 is 2.75 bits per heavy atom. The number of hydrogen-bond acceptors (Lipinski definition) is 2. The molecule has 1 saturated carbocycles. The predicted octanol–water partition coefficient (Wildman–Crippen LogP) is 3.09. The van der Waals surface area contributed by atoms with Gasteiger partial charge in [0.2, 0.25) is 0 Å². The Bertz CT molecular complexity index is 638. The molecule has 2 aromatic rings. The van der Waals surface area contributed by atoms with Gasteiger partial charge in [0.05, 0.1) is 11.0 Å². The molecule has 0 amide bonds. The summed E-state index contributed by atoms with van der Waals surface area (Å²) in [5.74, 6) is 0.947. The van der Waals surface area contributed by atoms with Gasteiger partial charge in [0.15, 0.2) is 0 Å². The summed E-state index contributed by atoms with van der Waals surface area (Å²) >= 11 is 0. The lowest BCUT2D eigenvalue weighted by Crippen LogP contribution is -2.31. The molecule has 0 spiro atoms. The Kier molecular flexibility index (Phi) is 3.66. The smallest absolute Gasteiger partial charge is 0.307 e. The molecule has 2 unspecified atom stereocenters. The zero-order valence-electron chi connectivity index (χ0n) is 12.2. The van der Waals surface area contributed by atoms with E-state index < -0.39 is 0 Å². The number of fused-ring (bicyclic) bond motifs is 1. The van der Waals surface area contributed by atoms with E-state index >= 15 is 0 Å². The van der Waals surface area contributed by atoms with Crippen molar-refractivity contribution in [3.8, 4) is 0 Å². The summed E-state index contributed by atoms with van der Waals surface area (Å²) in [4.78, 5) is 16.9. The summed E-state index contributed by atoms with van der Waals surface area (Å²) in [6.07, 6.45) is 5.28. The third-order valence-corrected chi connectivity index (χ3v) is 4.33. The van der Waals surface area contributed by atoms with Crippen LogP contribution in [0.25, 0.3) is 11.0 Å². The highest BCUT2D eigenvalue weighted by Crippen LogP contribution is 2.34. The molecular weight excluding hydrogens is 250 g/mol. The summed E-state index contributed by atoms with van der Waals surface area (Å²) in [6.45, 7) is 4.45. The third-order valence-electron chi connectivity index (χ3n) is 4.33. The van der Waals surface area contributed by atoms with Crippen LogP contribution in [0, 0.1) is 5.92 Å². The zero-order valence-corrected chi connectivity index (χ0v) is 12.2. The molecule has 108 valence electrons. The van der Waals surface area contributed by atoms with Gasteiger partial charge in [-0.05, 0) is 43.4 Å². The monoisotopic (exact) mass is 273 g/mol. The summed E-state index contributed by atoms with van der Waals surface area (Å²) in [7, 11) is 0. The van der Waals surface area contributed by atoms with E-state index in [1.807, 2.05) is 6.07 Å². The number of rotatable bonds is 6. The van der Waals surface area contributed by atoms with Crippen molar-refractivity contribution in [2.45, 2.75) is 51.6 Å².